The smallest absolute Gasteiger partial charge is 0.391 e. The van der Waals surface area contributed by atoms with Crippen LogP contribution in [0.15, 0.2) is 16.8 Å². The number of ether oxygens (including phenoxy) is 1. The van der Waals surface area contributed by atoms with Gasteiger partial charge in [-0.2, -0.15) is 13.2 Å². The fourth-order valence-electron chi connectivity index (χ4n) is 3.90. The highest BCUT2D eigenvalue weighted by atomic mass is 19.4. The highest BCUT2D eigenvalue weighted by Gasteiger charge is 2.55. The summed E-state index contributed by atoms with van der Waals surface area (Å²) in [6, 6.07) is 0. The Morgan fingerprint density at radius 1 is 1.37 bits per heavy atom. The molecule has 2 atom stereocenters. The molecule has 1 aliphatic heterocycles. The topological polar surface area (TPSA) is 103 Å². The van der Waals surface area contributed by atoms with E-state index in [1.54, 1.807) is 0 Å². The maximum absolute atomic E-state index is 13.0. The van der Waals surface area contributed by atoms with E-state index in [-0.39, 0.29) is 37.2 Å². The van der Waals surface area contributed by atoms with Crippen molar-refractivity contribution in [1.82, 2.24) is 5.32 Å². The zero-order chi connectivity index (χ0) is 20.4. The minimum absolute atomic E-state index is 0.0334. The lowest BCUT2D eigenvalue weighted by molar-refractivity contribution is -0.188. The number of primary amides is 1. The van der Waals surface area contributed by atoms with Crippen LogP contribution < -0.4 is 16.8 Å². The van der Waals surface area contributed by atoms with Gasteiger partial charge in [-0.05, 0) is 37.7 Å². The quantitative estimate of drug-likeness (QED) is 0.616. The summed E-state index contributed by atoms with van der Waals surface area (Å²) < 4.78 is 69.4. The Hall–Kier alpha value is -1.91. The number of halogens is 5. The summed E-state index contributed by atoms with van der Waals surface area (Å²) in [4.78, 5) is 16.3. The van der Waals surface area contributed by atoms with Gasteiger partial charge in [0.05, 0.1) is 11.6 Å². The highest BCUT2D eigenvalue weighted by Crippen LogP contribution is 2.48. The molecule has 0 spiro atoms. The van der Waals surface area contributed by atoms with Crippen molar-refractivity contribution in [2.45, 2.75) is 44.5 Å². The maximum Gasteiger partial charge on any atom is 0.391 e. The number of aliphatic imine (C=N–C) groups is 1. The van der Waals surface area contributed by atoms with Crippen molar-refractivity contribution in [2.75, 3.05) is 13.7 Å². The van der Waals surface area contributed by atoms with Crippen LogP contribution in [0.2, 0.25) is 0 Å². The normalized spacial score (nSPS) is 33.7. The van der Waals surface area contributed by atoms with Crippen molar-refractivity contribution in [1.29, 1.82) is 0 Å². The molecule has 6 nitrogen and oxygen atoms in total. The van der Waals surface area contributed by atoms with Crippen LogP contribution in [0.5, 0.6) is 0 Å². The van der Waals surface area contributed by atoms with Crippen LogP contribution in [0, 0.1) is 17.3 Å². The Labute approximate surface area is 153 Å². The van der Waals surface area contributed by atoms with E-state index in [1.807, 2.05) is 0 Å². The molecule has 0 bridgehead atoms. The number of nitrogens with one attached hydrogen (secondary N) is 1. The summed E-state index contributed by atoms with van der Waals surface area (Å²) in [6.07, 6.45) is -7.44. The Balaban J connectivity index is 2.37. The lowest BCUT2D eigenvalue weighted by Gasteiger charge is -2.47. The van der Waals surface area contributed by atoms with Crippen LogP contribution in [-0.4, -0.2) is 44.2 Å². The number of hydrogen-bond acceptors (Lipinski definition) is 4. The number of nitrogens with two attached hydrogens (primary N) is 2. The van der Waals surface area contributed by atoms with E-state index in [2.05, 4.69) is 10.3 Å². The molecule has 0 aromatic rings. The Kier molecular flexibility index (Phi) is 6.33. The molecule has 5 N–H and O–H groups in total. The average Bonchev–Trinajstić information content (AvgIpc) is 2.59. The van der Waals surface area contributed by atoms with Gasteiger partial charge in [-0.25, -0.2) is 8.78 Å². The highest BCUT2D eigenvalue weighted by molar-refractivity contribution is 6.01. The van der Waals surface area contributed by atoms with Crippen molar-refractivity contribution in [2.24, 2.45) is 33.7 Å². The molecule has 154 valence electrons. The predicted molar refractivity (Wildman–Crippen MR) is 87.6 cm³/mol. The van der Waals surface area contributed by atoms with Crippen LogP contribution in [0.25, 0.3) is 0 Å². The standard InChI is InChI=1S/C16H23F5N4O2/c1-24-12-10(22)6-15(13(23)26,14(25-12)27-7-11(17)18)8-2-4-9(5-3-8)16(19,20)21/h6,8-9,11,14H,2-5,7,22H2,1H3,(H2,23,26)(H,24,25). The maximum atomic E-state index is 13.0. The van der Waals surface area contributed by atoms with Gasteiger partial charge in [0, 0.05) is 7.05 Å². The fraction of sp³-hybridized carbons (Fsp3) is 0.750. The lowest BCUT2D eigenvalue weighted by atomic mass is 9.63. The number of alkyl halides is 5. The monoisotopic (exact) mass is 398 g/mol. The van der Waals surface area contributed by atoms with E-state index in [0.29, 0.717) is 0 Å². The summed E-state index contributed by atoms with van der Waals surface area (Å²) in [5, 5.41) is 2.70. The zero-order valence-corrected chi connectivity index (χ0v) is 14.7. The summed E-state index contributed by atoms with van der Waals surface area (Å²) in [5.74, 6) is -2.87. The van der Waals surface area contributed by atoms with Gasteiger partial charge in [0.25, 0.3) is 6.43 Å². The number of nitrogens with zero attached hydrogens (tertiary/aromatic N) is 1. The molecule has 0 aromatic carbocycles. The van der Waals surface area contributed by atoms with Crippen molar-refractivity contribution < 1.29 is 31.5 Å². The average molecular weight is 398 g/mol. The molecular formula is C16H23F5N4O2. The van der Waals surface area contributed by atoms with E-state index in [9.17, 15) is 26.7 Å². The first-order chi connectivity index (χ1) is 12.5. The third kappa shape index (κ3) is 4.33. The van der Waals surface area contributed by atoms with Crippen molar-refractivity contribution in [3.63, 3.8) is 0 Å². The van der Waals surface area contributed by atoms with Gasteiger partial charge in [0.15, 0.2) is 0 Å². The second kappa shape index (κ2) is 7.99. The van der Waals surface area contributed by atoms with E-state index in [4.69, 9.17) is 16.2 Å². The first-order valence-corrected chi connectivity index (χ1v) is 8.50. The number of amides is 1. The van der Waals surface area contributed by atoms with Crippen LogP contribution in [-0.2, 0) is 9.53 Å². The van der Waals surface area contributed by atoms with Gasteiger partial charge in [-0.15, -0.1) is 0 Å². The first-order valence-electron chi connectivity index (χ1n) is 8.50. The molecule has 1 fully saturated rings. The number of carbonyl (C=O) groups is 1. The van der Waals surface area contributed by atoms with E-state index in [0.717, 1.165) is 0 Å². The van der Waals surface area contributed by atoms with E-state index in [1.165, 1.54) is 13.1 Å². The van der Waals surface area contributed by atoms with Crippen LogP contribution in [0.4, 0.5) is 22.0 Å². The predicted octanol–water partition coefficient (Wildman–Crippen LogP) is 1.91. The molecule has 1 amide bonds. The molecule has 2 aliphatic rings. The second-order valence-corrected chi connectivity index (χ2v) is 6.81. The molecule has 1 aliphatic carbocycles. The van der Waals surface area contributed by atoms with Crippen molar-refractivity contribution >= 4 is 11.7 Å². The largest absolute Gasteiger partial charge is 0.396 e. The van der Waals surface area contributed by atoms with Crippen LogP contribution in [0.3, 0.4) is 0 Å². The second-order valence-electron chi connectivity index (χ2n) is 6.81. The van der Waals surface area contributed by atoms with E-state index >= 15 is 0 Å². The van der Waals surface area contributed by atoms with Gasteiger partial charge in [0.2, 0.25) is 5.91 Å². The van der Waals surface area contributed by atoms with Crippen molar-refractivity contribution in [3.8, 4) is 0 Å². The third-order valence-corrected chi connectivity index (χ3v) is 5.27. The summed E-state index contributed by atoms with van der Waals surface area (Å²) >= 11 is 0. The number of rotatable bonds is 5. The first kappa shape index (κ1) is 21.4. The molecule has 1 heterocycles. The minimum atomic E-state index is -4.32. The molecular weight excluding hydrogens is 375 g/mol. The molecule has 0 radical (unpaired) electrons. The lowest BCUT2D eigenvalue weighted by Crippen LogP contribution is -2.62. The van der Waals surface area contributed by atoms with Crippen molar-refractivity contribution in [3.05, 3.63) is 11.8 Å². The zero-order valence-electron chi connectivity index (χ0n) is 14.7. The number of amidine groups is 1. The van der Waals surface area contributed by atoms with Gasteiger partial charge >= 0.3 is 6.18 Å². The Morgan fingerprint density at radius 2 is 1.96 bits per heavy atom. The molecule has 27 heavy (non-hydrogen) atoms. The molecule has 0 saturated heterocycles. The van der Waals surface area contributed by atoms with Crippen LogP contribution >= 0.6 is 0 Å². The van der Waals surface area contributed by atoms with Gasteiger partial charge < -0.3 is 21.5 Å². The minimum Gasteiger partial charge on any atom is -0.396 e. The Bertz CT molecular complexity index is 614. The Morgan fingerprint density at radius 3 is 2.41 bits per heavy atom. The molecule has 2 rings (SSSR count). The van der Waals surface area contributed by atoms with E-state index < -0.39 is 48.6 Å². The van der Waals surface area contributed by atoms with Crippen LogP contribution in [0.1, 0.15) is 25.7 Å². The van der Waals surface area contributed by atoms with Gasteiger partial charge in [-0.3, -0.25) is 9.79 Å². The molecule has 0 aromatic heterocycles. The van der Waals surface area contributed by atoms with Gasteiger partial charge in [-0.1, -0.05) is 0 Å². The molecule has 1 saturated carbocycles. The van der Waals surface area contributed by atoms with Gasteiger partial charge in [0.1, 0.15) is 24.1 Å². The fourth-order valence-corrected chi connectivity index (χ4v) is 3.90. The molecule has 11 heteroatoms. The summed E-state index contributed by atoms with van der Waals surface area (Å²) in [6.45, 7) is -0.977. The summed E-state index contributed by atoms with van der Waals surface area (Å²) in [7, 11) is 1.40. The number of carbonyl (C=O) groups excluding carboxylic acids is 1. The number of hydrogen-bond donors (Lipinski definition) is 3. The third-order valence-electron chi connectivity index (χ3n) is 5.27. The summed E-state index contributed by atoms with van der Waals surface area (Å²) in [5.41, 5.74) is 9.90. The SMILES string of the molecule is CN=C1NC(OCC(F)F)C(C(N)=O)(C2CCC(C(F)(F)F)CC2)C=C1N. The molecule has 2 unspecified atom stereocenters.